The molecule has 3 heterocycles. The van der Waals surface area contributed by atoms with Crippen LogP contribution in [0.1, 0.15) is 33.2 Å². The van der Waals surface area contributed by atoms with Crippen molar-refractivity contribution in [1.82, 2.24) is 29.9 Å². The fourth-order valence-electron chi connectivity index (χ4n) is 4.58. The van der Waals surface area contributed by atoms with E-state index in [1.165, 1.54) is 6.33 Å². The van der Waals surface area contributed by atoms with E-state index in [9.17, 15) is 9.59 Å². The maximum absolute atomic E-state index is 12.8. The lowest BCUT2D eigenvalue weighted by Gasteiger charge is -2.08. The molecule has 10 nitrogen and oxygen atoms in total. The molecule has 0 aliphatic carbocycles. The second-order valence-corrected chi connectivity index (χ2v) is 8.93. The molecule has 1 amide bonds. The first-order chi connectivity index (χ1) is 19.0. The molecule has 192 valence electrons. The average Bonchev–Trinajstić information content (AvgIpc) is 3.55. The van der Waals surface area contributed by atoms with Crippen LogP contribution in [0.3, 0.4) is 0 Å². The number of nitrogens with two attached hydrogens (primary N) is 1. The molecular weight excluding hydrogens is 492 g/mol. The highest BCUT2D eigenvalue weighted by molar-refractivity contribution is 6.10. The summed E-state index contributed by atoms with van der Waals surface area (Å²) in [5.41, 5.74) is 12.1. The van der Waals surface area contributed by atoms with Crippen LogP contribution in [-0.2, 0) is 0 Å². The van der Waals surface area contributed by atoms with Crippen LogP contribution >= 0.6 is 0 Å². The van der Waals surface area contributed by atoms with Crippen molar-refractivity contribution >= 4 is 45.7 Å². The Bertz CT molecular complexity index is 1840. The van der Waals surface area contributed by atoms with Crippen molar-refractivity contribution in [3.05, 3.63) is 102 Å². The lowest BCUT2D eigenvalue weighted by Crippen LogP contribution is -2.22. The molecule has 10 heteroatoms. The molecule has 0 aliphatic heterocycles. The summed E-state index contributed by atoms with van der Waals surface area (Å²) in [4.78, 5) is 37.6. The van der Waals surface area contributed by atoms with Crippen molar-refractivity contribution in [1.29, 1.82) is 0 Å². The van der Waals surface area contributed by atoms with Crippen molar-refractivity contribution in [2.75, 3.05) is 17.6 Å². The summed E-state index contributed by atoms with van der Waals surface area (Å²) < 4.78 is 1.57. The monoisotopic (exact) mass is 516 g/mol. The van der Waals surface area contributed by atoms with E-state index in [4.69, 9.17) is 5.73 Å². The molecule has 0 radical (unpaired) electrons. The number of hydrogen-bond donors (Lipinski definition) is 4. The third kappa shape index (κ3) is 4.44. The SMILES string of the molecule is CCNC(=O)c1cn2ncnc(N)c2c1-c1ccc(Nc2nc3ccc(C(=O)c4ccccc4)cc3[nH]2)cc1. The average molecular weight is 517 g/mol. The second kappa shape index (κ2) is 9.75. The minimum absolute atomic E-state index is 0.0478. The number of aromatic amines is 1. The van der Waals surface area contributed by atoms with Crippen molar-refractivity contribution in [2.45, 2.75) is 6.92 Å². The van der Waals surface area contributed by atoms with Crippen molar-refractivity contribution in [3.63, 3.8) is 0 Å². The molecule has 5 N–H and O–H groups in total. The Morgan fingerprint density at radius 1 is 1.00 bits per heavy atom. The number of benzene rings is 3. The minimum Gasteiger partial charge on any atom is -0.382 e. The van der Waals surface area contributed by atoms with Gasteiger partial charge in [-0.25, -0.2) is 14.5 Å². The number of anilines is 3. The maximum atomic E-state index is 12.8. The smallest absolute Gasteiger partial charge is 0.253 e. The molecule has 0 saturated carbocycles. The van der Waals surface area contributed by atoms with Crippen LogP contribution in [0.25, 0.3) is 27.7 Å². The van der Waals surface area contributed by atoms with Gasteiger partial charge in [0.2, 0.25) is 5.95 Å². The highest BCUT2D eigenvalue weighted by atomic mass is 16.1. The zero-order valence-electron chi connectivity index (χ0n) is 21.0. The standard InChI is InChI=1S/C29H24N8O2/c1-2-31-28(39)21-15-37-25(27(30)32-16-33-37)24(21)17-8-11-20(12-9-17)34-29-35-22-13-10-19(14-23(22)36-29)26(38)18-6-4-3-5-7-18/h3-16H,2H2,1H3,(H,31,39)(H2,30,32,33)(H2,34,35,36). The molecule has 0 bridgehead atoms. The molecule has 39 heavy (non-hydrogen) atoms. The Labute approximate surface area is 222 Å². The number of carbonyl (C=O) groups is 2. The maximum Gasteiger partial charge on any atom is 0.253 e. The molecule has 3 aromatic heterocycles. The van der Waals surface area contributed by atoms with Gasteiger partial charge in [0.25, 0.3) is 5.91 Å². The molecule has 0 saturated heterocycles. The van der Waals surface area contributed by atoms with E-state index in [1.807, 2.05) is 55.5 Å². The third-order valence-electron chi connectivity index (χ3n) is 6.40. The lowest BCUT2D eigenvalue weighted by molar-refractivity contribution is 0.0955. The number of H-pyrrole nitrogens is 1. The Morgan fingerprint density at radius 3 is 2.56 bits per heavy atom. The summed E-state index contributed by atoms with van der Waals surface area (Å²) in [6.07, 6.45) is 3.01. The van der Waals surface area contributed by atoms with E-state index in [0.29, 0.717) is 40.3 Å². The summed E-state index contributed by atoms with van der Waals surface area (Å²) in [6.45, 7) is 2.36. The number of nitrogens with zero attached hydrogens (tertiary/aromatic N) is 4. The zero-order valence-corrected chi connectivity index (χ0v) is 21.0. The van der Waals surface area contributed by atoms with Crippen molar-refractivity contribution in [2.24, 2.45) is 0 Å². The van der Waals surface area contributed by atoms with Crippen LogP contribution in [0.5, 0.6) is 0 Å². The van der Waals surface area contributed by atoms with Gasteiger partial charge in [0.1, 0.15) is 11.8 Å². The number of aromatic nitrogens is 5. The van der Waals surface area contributed by atoms with E-state index in [-0.39, 0.29) is 17.5 Å². The van der Waals surface area contributed by atoms with Gasteiger partial charge in [0.15, 0.2) is 11.6 Å². The van der Waals surface area contributed by atoms with E-state index in [2.05, 4.69) is 30.7 Å². The fourth-order valence-corrected chi connectivity index (χ4v) is 4.58. The number of rotatable bonds is 7. The predicted molar refractivity (Wildman–Crippen MR) is 150 cm³/mol. The Hall–Kier alpha value is -5.51. The first-order valence-corrected chi connectivity index (χ1v) is 12.4. The third-order valence-corrected chi connectivity index (χ3v) is 6.40. The summed E-state index contributed by atoms with van der Waals surface area (Å²) >= 11 is 0. The van der Waals surface area contributed by atoms with Crippen LogP contribution in [-0.4, -0.2) is 42.8 Å². The highest BCUT2D eigenvalue weighted by Crippen LogP contribution is 2.33. The van der Waals surface area contributed by atoms with Crippen LogP contribution in [0.15, 0.2) is 85.3 Å². The number of imidazole rings is 1. The summed E-state index contributed by atoms with van der Waals surface area (Å²) in [7, 11) is 0. The Balaban J connectivity index is 1.28. The number of fused-ring (bicyclic) bond motifs is 2. The first kappa shape index (κ1) is 23.9. The van der Waals surface area contributed by atoms with Gasteiger partial charge in [-0.15, -0.1) is 0 Å². The van der Waals surface area contributed by atoms with Gasteiger partial charge >= 0.3 is 0 Å². The summed E-state index contributed by atoms with van der Waals surface area (Å²) in [6, 6.07) is 22.1. The highest BCUT2D eigenvalue weighted by Gasteiger charge is 2.21. The van der Waals surface area contributed by atoms with E-state index in [0.717, 1.165) is 22.3 Å². The van der Waals surface area contributed by atoms with E-state index < -0.39 is 0 Å². The van der Waals surface area contributed by atoms with Crippen LogP contribution in [0, 0.1) is 0 Å². The Kier molecular flexibility index (Phi) is 5.96. The number of nitrogen functional groups attached to an aromatic ring is 1. The van der Waals surface area contributed by atoms with Gasteiger partial charge in [-0.3, -0.25) is 9.59 Å². The second-order valence-electron chi connectivity index (χ2n) is 8.93. The number of amides is 1. The molecule has 6 rings (SSSR count). The molecule has 0 spiro atoms. The van der Waals surface area contributed by atoms with Crippen molar-refractivity contribution in [3.8, 4) is 11.1 Å². The molecular formula is C29H24N8O2. The number of carbonyl (C=O) groups excluding carboxylic acids is 2. The van der Waals surface area contributed by atoms with Gasteiger partial charge in [0, 0.05) is 35.1 Å². The number of ketones is 1. The normalized spacial score (nSPS) is 11.1. The largest absolute Gasteiger partial charge is 0.382 e. The van der Waals surface area contributed by atoms with Crippen molar-refractivity contribution < 1.29 is 9.59 Å². The number of hydrogen-bond acceptors (Lipinski definition) is 7. The summed E-state index contributed by atoms with van der Waals surface area (Å²) in [5, 5.41) is 10.3. The van der Waals surface area contributed by atoms with Gasteiger partial charge in [-0.1, -0.05) is 42.5 Å². The fraction of sp³-hybridized carbons (Fsp3) is 0.0690. The van der Waals surface area contributed by atoms with Crippen LogP contribution < -0.4 is 16.4 Å². The molecule has 0 aliphatic rings. The van der Waals surface area contributed by atoms with E-state index in [1.54, 1.807) is 35.0 Å². The molecule has 0 atom stereocenters. The molecule has 6 aromatic rings. The van der Waals surface area contributed by atoms with Crippen LogP contribution in [0.2, 0.25) is 0 Å². The first-order valence-electron chi connectivity index (χ1n) is 12.4. The van der Waals surface area contributed by atoms with Gasteiger partial charge < -0.3 is 21.4 Å². The predicted octanol–water partition coefficient (Wildman–Crippen LogP) is 4.58. The molecule has 0 fully saturated rings. The van der Waals surface area contributed by atoms with Gasteiger partial charge in [-0.2, -0.15) is 5.10 Å². The topological polar surface area (TPSA) is 143 Å². The molecule has 3 aromatic carbocycles. The quantitative estimate of drug-likeness (QED) is 0.227. The van der Waals surface area contributed by atoms with Crippen LogP contribution in [0.4, 0.5) is 17.5 Å². The number of nitrogens with one attached hydrogen (secondary N) is 3. The van der Waals surface area contributed by atoms with Gasteiger partial charge in [0.05, 0.1) is 16.6 Å². The van der Waals surface area contributed by atoms with E-state index >= 15 is 0 Å². The zero-order chi connectivity index (χ0) is 26.9. The lowest BCUT2D eigenvalue weighted by atomic mass is 10.0. The summed E-state index contributed by atoms with van der Waals surface area (Å²) in [5.74, 6) is 0.558. The molecule has 0 unspecified atom stereocenters. The van der Waals surface area contributed by atoms with Gasteiger partial charge in [-0.05, 0) is 42.8 Å². The minimum atomic E-state index is -0.216. The Morgan fingerprint density at radius 2 is 1.79 bits per heavy atom.